The number of rotatable bonds is 8. The van der Waals surface area contributed by atoms with Crippen molar-refractivity contribution < 1.29 is 13.2 Å². The van der Waals surface area contributed by atoms with Gasteiger partial charge in [-0.1, -0.05) is 19.9 Å². The molecule has 7 nitrogen and oxygen atoms in total. The number of guanidine groups is 1. The van der Waals surface area contributed by atoms with Crippen molar-refractivity contribution in [2.75, 3.05) is 52.1 Å². The van der Waals surface area contributed by atoms with Crippen molar-refractivity contribution in [1.29, 1.82) is 0 Å². The highest BCUT2D eigenvalue weighted by Crippen LogP contribution is 2.26. The van der Waals surface area contributed by atoms with Gasteiger partial charge in [0.2, 0.25) is 10.0 Å². The van der Waals surface area contributed by atoms with E-state index in [1.54, 1.807) is 22.7 Å². The van der Waals surface area contributed by atoms with Crippen LogP contribution in [0, 0.1) is 0 Å². The molecule has 0 bridgehead atoms. The van der Waals surface area contributed by atoms with Gasteiger partial charge in [-0.2, -0.15) is 4.31 Å². The normalized spacial score (nSPS) is 17.4. The van der Waals surface area contributed by atoms with Gasteiger partial charge in [0, 0.05) is 50.1 Å². The Hall–Kier alpha value is -1.16. The molecule has 1 aliphatic rings. The molecule has 0 unspecified atom stereocenters. The minimum Gasteiger partial charge on any atom is -0.378 e. The molecule has 1 fully saturated rings. The lowest BCUT2D eigenvalue weighted by molar-refractivity contribution is 0.0904. The first-order chi connectivity index (χ1) is 13.2. The zero-order valence-electron chi connectivity index (χ0n) is 17.6. The number of hydrogen-bond donors (Lipinski definition) is 1. The zero-order valence-corrected chi connectivity index (χ0v) is 19.3. The van der Waals surface area contributed by atoms with Crippen LogP contribution in [0.2, 0.25) is 0 Å². The molecule has 1 aliphatic heterocycles. The molecular formula is C19H34N4O3S2. The molecule has 0 aliphatic carbocycles. The molecule has 1 saturated heterocycles. The molecule has 1 aromatic rings. The molecule has 2 heterocycles. The van der Waals surface area contributed by atoms with Gasteiger partial charge in [0.25, 0.3) is 0 Å². The fourth-order valence-corrected chi connectivity index (χ4v) is 5.22. The van der Waals surface area contributed by atoms with Crippen molar-refractivity contribution in [3.63, 3.8) is 0 Å². The van der Waals surface area contributed by atoms with Crippen LogP contribution in [-0.4, -0.2) is 81.8 Å². The van der Waals surface area contributed by atoms with Gasteiger partial charge >= 0.3 is 0 Å². The van der Waals surface area contributed by atoms with Gasteiger partial charge in [-0.15, -0.1) is 11.3 Å². The van der Waals surface area contributed by atoms with Crippen LogP contribution < -0.4 is 5.32 Å². The molecule has 0 spiro atoms. The van der Waals surface area contributed by atoms with Gasteiger partial charge < -0.3 is 15.0 Å². The SMILES string of the molecule is CN=C(NCC(C)(C)c1cccs1)N1CCN(S(=O)(=O)CCOC(C)C)CC1. The van der Waals surface area contributed by atoms with Gasteiger partial charge in [-0.05, 0) is 25.3 Å². The summed E-state index contributed by atoms with van der Waals surface area (Å²) in [5.74, 6) is 0.859. The fourth-order valence-electron chi connectivity index (χ4n) is 3.08. The third-order valence-corrected chi connectivity index (χ3v) is 7.88. The lowest BCUT2D eigenvalue weighted by Gasteiger charge is -2.36. The average Bonchev–Trinajstić information content (AvgIpc) is 3.18. The highest BCUT2D eigenvalue weighted by atomic mass is 32.2. The van der Waals surface area contributed by atoms with Crippen molar-refractivity contribution in [2.45, 2.75) is 39.2 Å². The van der Waals surface area contributed by atoms with E-state index >= 15 is 0 Å². The number of thiophene rings is 1. The average molecular weight is 431 g/mol. The minimum absolute atomic E-state index is 0.00564. The summed E-state index contributed by atoms with van der Waals surface area (Å²) in [4.78, 5) is 7.85. The van der Waals surface area contributed by atoms with Crippen LogP contribution in [-0.2, 0) is 20.2 Å². The van der Waals surface area contributed by atoms with Crippen molar-refractivity contribution in [1.82, 2.24) is 14.5 Å². The zero-order chi connectivity index (χ0) is 20.8. The van der Waals surface area contributed by atoms with E-state index in [0.717, 1.165) is 12.5 Å². The van der Waals surface area contributed by atoms with E-state index in [9.17, 15) is 8.42 Å². The lowest BCUT2D eigenvalue weighted by atomic mass is 9.91. The highest BCUT2D eigenvalue weighted by molar-refractivity contribution is 7.89. The summed E-state index contributed by atoms with van der Waals surface area (Å²) in [5, 5.41) is 5.56. The number of piperazine rings is 1. The summed E-state index contributed by atoms with van der Waals surface area (Å²) < 4.78 is 31.9. The maximum absolute atomic E-state index is 12.5. The third kappa shape index (κ3) is 6.43. The van der Waals surface area contributed by atoms with Crippen molar-refractivity contribution in [2.24, 2.45) is 4.99 Å². The van der Waals surface area contributed by atoms with Gasteiger partial charge in [0.05, 0.1) is 18.5 Å². The van der Waals surface area contributed by atoms with Gasteiger partial charge in [0.15, 0.2) is 5.96 Å². The Labute approximate surface area is 173 Å². The second-order valence-corrected chi connectivity index (χ2v) is 10.9. The third-order valence-electron chi connectivity index (χ3n) is 4.81. The molecule has 2 rings (SSSR count). The molecule has 0 saturated carbocycles. The molecule has 9 heteroatoms. The summed E-state index contributed by atoms with van der Waals surface area (Å²) in [6.45, 7) is 11.4. The van der Waals surface area contributed by atoms with Gasteiger partial charge in [-0.3, -0.25) is 4.99 Å². The smallest absolute Gasteiger partial charge is 0.216 e. The molecular weight excluding hydrogens is 396 g/mol. The molecule has 0 amide bonds. The summed E-state index contributed by atoms with van der Waals surface area (Å²) >= 11 is 1.76. The monoisotopic (exact) mass is 430 g/mol. The van der Waals surface area contributed by atoms with Crippen LogP contribution >= 0.6 is 11.3 Å². The summed E-state index contributed by atoms with van der Waals surface area (Å²) in [6.07, 6.45) is 0.0415. The maximum Gasteiger partial charge on any atom is 0.216 e. The summed E-state index contributed by atoms with van der Waals surface area (Å²) in [7, 11) is -1.51. The van der Waals surface area contributed by atoms with E-state index in [1.807, 2.05) is 13.8 Å². The number of nitrogens with zero attached hydrogens (tertiary/aromatic N) is 3. The topological polar surface area (TPSA) is 74.2 Å². The van der Waals surface area contributed by atoms with E-state index < -0.39 is 10.0 Å². The van der Waals surface area contributed by atoms with Crippen LogP contribution in [0.1, 0.15) is 32.6 Å². The van der Waals surface area contributed by atoms with Crippen LogP contribution in [0.15, 0.2) is 22.5 Å². The quantitative estimate of drug-likeness (QED) is 0.504. The van der Waals surface area contributed by atoms with Crippen molar-refractivity contribution >= 4 is 27.3 Å². The standard InChI is InChI=1S/C19H34N4O3S2/c1-16(2)26-12-14-28(24,25)23-10-8-22(9-11-23)18(20-5)21-15-19(3,4)17-7-6-13-27-17/h6-7,13,16H,8-12,14-15H2,1-5H3,(H,20,21). The van der Waals surface area contributed by atoms with E-state index in [1.165, 1.54) is 4.88 Å². The number of nitrogens with one attached hydrogen (secondary N) is 1. The second-order valence-electron chi connectivity index (χ2n) is 7.88. The largest absolute Gasteiger partial charge is 0.378 e. The van der Waals surface area contributed by atoms with Crippen LogP contribution in [0.25, 0.3) is 0 Å². The molecule has 0 aromatic carbocycles. The van der Waals surface area contributed by atoms with Crippen molar-refractivity contribution in [3.05, 3.63) is 22.4 Å². The first kappa shape index (κ1) is 23.1. The Morgan fingerprint density at radius 3 is 2.54 bits per heavy atom. The molecule has 160 valence electrons. The first-order valence-corrected chi connectivity index (χ1v) is 12.2. The Morgan fingerprint density at radius 2 is 2.00 bits per heavy atom. The molecule has 0 atom stereocenters. The Morgan fingerprint density at radius 1 is 1.32 bits per heavy atom. The lowest BCUT2D eigenvalue weighted by Crippen LogP contribution is -2.55. The summed E-state index contributed by atoms with van der Waals surface area (Å²) in [6, 6.07) is 4.23. The minimum atomic E-state index is -3.28. The van der Waals surface area contributed by atoms with Crippen LogP contribution in [0.5, 0.6) is 0 Å². The first-order valence-electron chi connectivity index (χ1n) is 9.75. The van der Waals surface area contributed by atoms with Gasteiger partial charge in [-0.25, -0.2) is 8.42 Å². The van der Waals surface area contributed by atoms with Crippen molar-refractivity contribution in [3.8, 4) is 0 Å². The number of aliphatic imine (C=N–C) groups is 1. The van der Waals surface area contributed by atoms with Crippen LogP contribution in [0.3, 0.4) is 0 Å². The number of sulfonamides is 1. The maximum atomic E-state index is 12.5. The number of hydrogen-bond acceptors (Lipinski definition) is 5. The molecule has 1 N–H and O–H groups in total. The molecule has 0 radical (unpaired) electrons. The number of ether oxygens (including phenoxy) is 1. The second kappa shape index (κ2) is 10.0. The van der Waals surface area contributed by atoms with E-state index in [4.69, 9.17) is 4.74 Å². The highest BCUT2D eigenvalue weighted by Gasteiger charge is 2.29. The summed E-state index contributed by atoms with van der Waals surface area (Å²) in [5.41, 5.74) is 0.00564. The fraction of sp³-hybridized carbons (Fsp3) is 0.737. The van der Waals surface area contributed by atoms with E-state index in [-0.39, 0.29) is 23.9 Å². The molecule has 1 aromatic heterocycles. The Kier molecular flexibility index (Phi) is 8.30. The van der Waals surface area contributed by atoms with E-state index in [2.05, 4.69) is 46.6 Å². The van der Waals surface area contributed by atoms with Crippen LogP contribution in [0.4, 0.5) is 0 Å². The predicted molar refractivity (Wildman–Crippen MR) is 117 cm³/mol. The van der Waals surface area contributed by atoms with E-state index in [0.29, 0.717) is 26.2 Å². The Balaban J connectivity index is 1.85. The predicted octanol–water partition coefficient (Wildman–Crippen LogP) is 1.97. The van der Waals surface area contributed by atoms with Gasteiger partial charge in [0.1, 0.15) is 0 Å². The molecule has 28 heavy (non-hydrogen) atoms. The Bertz CT molecular complexity index is 722.